The Morgan fingerprint density at radius 3 is 2.56 bits per heavy atom. The number of hydrogen-bond donors (Lipinski definition) is 0. The van der Waals surface area contributed by atoms with Crippen LogP contribution in [0.1, 0.15) is 42.0 Å². The molecular formula is C23H25N3O. The summed E-state index contributed by atoms with van der Waals surface area (Å²) in [5.41, 5.74) is 4.65. The lowest BCUT2D eigenvalue weighted by atomic mass is 9.68. The van der Waals surface area contributed by atoms with Crippen molar-refractivity contribution < 1.29 is 4.79 Å². The van der Waals surface area contributed by atoms with E-state index in [1.165, 1.54) is 11.1 Å². The Bertz CT molecular complexity index is 890. The summed E-state index contributed by atoms with van der Waals surface area (Å²) in [4.78, 5) is 16.5. The smallest absolute Gasteiger partial charge is 0.219 e. The molecule has 0 bridgehead atoms. The Morgan fingerprint density at radius 1 is 1.11 bits per heavy atom. The standard InChI is InChI=1S/C23H25N3O/c1-18(27)26-16-21-8-4-5-9-22(21)23(17-26)10-12-25(13-11-23)15-20-7-3-2-6-19(20)14-24/h2-9H,10-13,15-17H2,1H3. The van der Waals surface area contributed by atoms with Gasteiger partial charge in [-0.1, -0.05) is 42.5 Å². The lowest BCUT2D eigenvalue weighted by Crippen LogP contribution is -2.52. The molecule has 0 radical (unpaired) electrons. The highest BCUT2D eigenvalue weighted by molar-refractivity contribution is 5.74. The number of carbonyl (C=O) groups is 1. The van der Waals surface area contributed by atoms with Gasteiger partial charge in [-0.2, -0.15) is 5.26 Å². The minimum atomic E-state index is 0.0613. The topological polar surface area (TPSA) is 47.3 Å². The monoisotopic (exact) mass is 359 g/mol. The SMILES string of the molecule is CC(=O)N1Cc2ccccc2C2(CCN(Cc3ccccc3C#N)CC2)C1. The van der Waals surface area contributed by atoms with Crippen LogP contribution in [0.15, 0.2) is 48.5 Å². The molecule has 0 unspecified atom stereocenters. The Labute approximate surface area is 161 Å². The van der Waals surface area contributed by atoms with Crippen LogP contribution in [0.3, 0.4) is 0 Å². The maximum atomic E-state index is 12.1. The summed E-state index contributed by atoms with van der Waals surface area (Å²) in [6.07, 6.45) is 2.09. The Morgan fingerprint density at radius 2 is 1.81 bits per heavy atom. The van der Waals surface area contributed by atoms with Crippen molar-refractivity contribution >= 4 is 5.91 Å². The van der Waals surface area contributed by atoms with Crippen molar-refractivity contribution in [2.75, 3.05) is 19.6 Å². The molecule has 2 aromatic rings. The van der Waals surface area contributed by atoms with Crippen LogP contribution in [-0.2, 0) is 23.3 Å². The molecule has 138 valence electrons. The average molecular weight is 359 g/mol. The van der Waals surface area contributed by atoms with Crippen molar-refractivity contribution in [2.24, 2.45) is 0 Å². The van der Waals surface area contributed by atoms with Crippen LogP contribution >= 0.6 is 0 Å². The third-order valence-corrected chi connectivity index (χ3v) is 6.23. The summed E-state index contributed by atoms with van der Waals surface area (Å²) in [6, 6.07) is 18.8. The summed E-state index contributed by atoms with van der Waals surface area (Å²) in [6.45, 7) is 6.02. The largest absolute Gasteiger partial charge is 0.338 e. The molecule has 2 aliphatic rings. The van der Waals surface area contributed by atoms with Gasteiger partial charge in [-0.25, -0.2) is 0 Å². The summed E-state index contributed by atoms with van der Waals surface area (Å²) >= 11 is 0. The fourth-order valence-electron chi connectivity index (χ4n) is 4.69. The number of rotatable bonds is 2. The van der Waals surface area contributed by atoms with Gasteiger partial charge in [-0.3, -0.25) is 9.69 Å². The second-order valence-corrected chi connectivity index (χ2v) is 7.86. The van der Waals surface area contributed by atoms with Gasteiger partial charge in [0.1, 0.15) is 0 Å². The minimum Gasteiger partial charge on any atom is -0.338 e. The van der Waals surface area contributed by atoms with Gasteiger partial charge in [0.2, 0.25) is 5.91 Å². The molecule has 1 amide bonds. The highest BCUT2D eigenvalue weighted by Crippen LogP contribution is 2.42. The van der Waals surface area contributed by atoms with Crippen LogP contribution in [0, 0.1) is 11.3 Å². The minimum absolute atomic E-state index is 0.0613. The Kier molecular flexibility index (Phi) is 4.72. The molecule has 4 heteroatoms. The molecule has 0 aromatic heterocycles. The third-order valence-electron chi connectivity index (χ3n) is 6.23. The van der Waals surface area contributed by atoms with Crippen LogP contribution in [0.5, 0.6) is 0 Å². The molecule has 0 N–H and O–H groups in total. The van der Waals surface area contributed by atoms with Gasteiger partial charge in [-0.05, 0) is 48.7 Å². The van der Waals surface area contributed by atoms with E-state index < -0.39 is 0 Å². The number of nitriles is 1. The molecule has 1 spiro atoms. The van der Waals surface area contributed by atoms with Crippen LogP contribution in [0.2, 0.25) is 0 Å². The zero-order chi connectivity index (χ0) is 18.9. The van der Waals surface area contributed by atoms with Crippen LogP contribution < -0.4 is 0 Å². The van der Waals surface area contributed by atoms with Crippen LogP contribution in [0.4, 0.5) is 0 Å². The van der Waals surface area contributed by atoms with E-state index in [0.29, 0.717) is 0 Å². The second-order valence-electron chi connectivity index (χ2n) is 7.86. The van der Waals surface area contributed by atoms with Crippen LogP contribution in [0.25, 0.3) is 0 Å². The van der Waals surface area contributed by atoms with E-state index in [0.717, 1.165) is 56.7 Å². The number of likely N-dealkylation sites (tertiary alicyclic amines) is 1. The Balaban J connectivity index is 1.54. The molecule has 0 saturated carbocycles. The van der Waals surface area contributed by atoms with E-state index in [1.807, 2.05) is 23.1 Å². The first-order chi connectivity index (χ1) is 13.1. The van der Waals surface area contributed by atoms with Crippen molar-refractivity contribution in [3.63, 3.8) is 0 Å². The fourth-order valence-corrected chi connectivity index (χ4v) is 4.69. The number of benzene rings is 2. The maximum Gasteiger partial charge on any atom is 0.219 e. The van der Waals surface area contributed by atoms with Crippen molar-refractivity contribution in [3.8, 4) is 6.07 Å². The predicted octanol–water partition coefficient (Wildman–Crippen LogP) is 3.45. The summed E-state index contributed by atoms with van der Waals surface area (Å²) in [7, 11) is 0. The first kappa shape index (κ1) is 17.8. The molecule has 27 heavy (non-hydrogen) atoms. The van der Waals surface area contributed by atoms with E-state index in [1.54, 1.807) is 6.92 Å². The summed E-state index contributed by atoms with van der Waals surface area (Å²) < 4.78 is 0. The van der Waals surface area contributed by atoms with E-state index in [2.05, 4.69) is 41.3 Å². The molecule has 4 nitrogen and oxygen atoms in total. The molecule has 2 aliphatic heterocycles. The van der Waals surface area contributed by atoms with Crippen molar-refractivity contribution in [2.45, 2.75) is 38.3 Å². The van der Waals surface area contributed by atoms with Gasteiger partial charge in [0, 0.05) is 32.0 Å². The van der Waals surface area contributed by atoms with Gasteiger partial charge < -0.3 is 4.90 Å². The number of amides is 1. The molecule has 2 heterocycles. The maximum absolute atomic E-state index is 12.1. The number of carbonyl (C=O) groups excluding carboxylic acids is 1. The average Bonchev–Trinajstić information content (AvgIpc) is 2.70. The summed E-state index contributed by atoms with van der Waals surface area (Å²) in [5, 5.41) is 9.33. The highest BCUT2D eigenvalue weighted by atomic mass is 16.2. The number of fused-ring (bicyclic) bond motifs is 2. The zero-order valence-corrected chi connectivity index (χ0v) is 15.8. The summed E-state index contributed by atoms with van der Waals surface area (Å²) in [5.74, 6) is 0.161. The number of piperidine rings is 1. The highest BCUT2D eigenvalue weighted by Gasteiger charge is 2.42. The van der Waals surface area contributed by atoms with E-state index in [-0.39, 0.29) is 11.3 Å². The van der Waals surface area contributed by atoms with Gasteiger partial charge in [0.15, 0.2) is 0 Å². The first-order valence-corrected chi connectivity index (χ1v) is 9.65. The van der Waals surface area contributed by atoms with Crippen molar-refractivity contribution in [3.05, 3.63) is 70.8 Å². The molecule has 4 rings (SSSR count). The second kappa shape index (κ2) is 7.17. The van der Waals surface area contributed by atoms with Gasteiger partial charge in [0.05, 0.1) is 11.6 Å². The first-order valence-electron chi connectivity index (χ1n) is 9.65. The van der Waals surface area contributed by atoms with Gasteiger partial charge >= 0.3 is 0 Å². The zero-order valence-electron chi connectivity index (χ0n) is 15.8. The third kappa shape index (κ3) is 3.36. The van der Waals surface area contributed by atoms with Gasteiger partial charge in [-0.15, -0.1) is 0 Å². The fraction of sp³-hybridized carbons (Fsp3) is 0.391. The molecule has 1 saturated heterocycles. The van der Waals surface area contributed by atoms with E-state index in [4.69, 9.17) is 0 Å². The van der Waals surface area contributed by atoms with Crippen molar-refractivity contribution in [1.82, 2.24) is 9.80 Å². The van der Waals surface area contributed by atoms with E-state index >= 15 is 0 Å². The molecular weight excluding hydrogens is 334 g/mol. The van der Waals surface area contributed by atoms with Crippen LogP contribution in [-0.4, -0.2) is 35.3 Å². The predicted molar refractivity (Wildman–Crippen MR) is 105 cm³/mol. The number of nitrogens with zero attached hydrogens (tertiary/aromatic N) is 3. The lowest BCUT2D eigenvalue weighted by Gasteiger charge is -2.48. The van der Waals surface area contributed by atoms with Crippen molar-refractivity contribution in [1.29, 1.82) is 5.26 Å². The van der Waals surface area contributed by atoms with E-state index in [9.17, 15) is 10.1 Å². The van der Waals surface area contributed by atoms with Gasteiger partial charge in [0.25, 0.3) is 0 Å². The molecule has 0 atom stereocenters. The molecule has 0 aliphatic carbocycles. The number of hydrogen-bond acceptors (Lipinski definition) is 3. The molecule has 2 aromatic carbocycles. The normalized spacial score (nSPS) is 18.7. The lowest BCUT2D eigenvalue weighted by molar-refractivity contribution is -0.131. The molecule has 1 fully saturated rings. The Hall–Kier alpha value is -2.64. The quantitative estimate of drug-likeness (QED) is 0.825.